The first-order valence-corrected chi connectivity index (χ1v) is 22.4. The van der Waals surface area contributed by atoms with E-state index in [1.807, 2.05) is 0 Å². The number of likely N-dealkylation sites (N-methyl/N-ethyl adjacent to an activating group) is 1. The van der Waals surface area contributed by atoms with Gasteiger partial charge in [-0.3, -0.25) is 0 Å². The molecule has 3 heteroatoms. The lowest BCUT2D eigenvalue weighted by Gasteiger charge is -2.27. The summed E-state index contributed by atoms with van der Waals surface area (Å²) in [6.45, 7) is 14.3. The molecule has 3 atom stereocenters. The van der Waals surface area contributed by atoms with E-state index in [0.717, 1.165) is 45.3 Å². The molecule has 302 valence electrons. The van der Waals surface area contributed by atoms with Gasteiger partial charge in [0.25, 0.3) is 0 Å². The first kappa shape index (κ1) is 39.4. The van der Waals surface area contributed by atoms with Crippen molar-refractivity contribution in [1.82, 2.24) is 9.13 Å². The zero-order valence-electron chi connectivity index (χ0n) is 36.1. The molecule has 3 heterocycles. The van der Waals surface area contributed by atoms with Gasteiger partial charge in [0, 0.05) is 75.2 Å². The maximum atomic E-state index is 2.53. The van der Waals surface area contributed by atoms with E-state index in [1.165, 1.54) is 83.1 Å². The van der Waals surface area contributed by atoms with Gasteiger partial charge in [-0.15, -0.1) is 0 Å². The average molecular weight is 786 g/mol. The summed E-state index contributed by atoms with van der Waals surface area (Å²) in [7, 11) is 0. The third kappa shape index (κ3) is 7.40. The maximum Gasteiger partial charge on any atom is 0.0580 e. The smallest absolute Gasteiger partial charge is 0.0580 e. The molecule has 4 aromatic carbocycles. The van der Waals surface area contributed by atoms with Gasteiger partial charge in [0.1, 0.15) is 0 Å². The molecule has 3 nitrogen and oxygen atoms in total. The second-order valence-electron chi connectivity index (χ2n) is 16.8. The fourth-order valence-electron chi connectivity index (χ4n) is 10.3. The van der Waals surface area contributed by atoms with Crippen LogP contribution >= 0.6 is 0 Å². The minimum absolute atomic E-state index is 0.317. The summed E-state index contributed by atoms with van der Waals surface area (Å²) in [6.07, 6.45) is 36.3. The van der Waals surface area contributed by atoms with Crippen LogP contribution in [0, 0.1) is 5.92 Å². The van der Waals surface area contributed by atoms with Crippen molar-refractivity contribution in [3.8, 4) is 0 Å². The monoisotopic (exact) mass is 785 g/mol. The van der Waals surface area contributed by atoms with Crippen LogP contribution in [0.15, 0.2) is 157 Å². The van der Waals surface area contributed by atoms with E-state index in [0.29, 0.717) is 17.9 Å². The van der Waals surface area contributed by atoms with Crippen LogP contribution in [0.25, 0.3) is 50.9 Å². The summed E-state index contributed by atoms with van der Waals surface area (Å²) in [4.78, 5) is 2.53. The molecule has 3 unspecified atom stereocenters. The molecule has 0 bridgehead atoms. The van der Waals surface area contributed by atoms with Gasteiger partial charge < -0.3 is 14.0 Å². The number of rotatable bonds is 13. The third-order valence-electron chi connectivity index (χ3n) is 13.3. The number of allylic oxidation sites excluding steroid dienone is 11. The number of aryl methyl sites for hydroxylation is 2. The number of hydrogen-bond acceptors (Lipinski definition) is 1. The van der Waals surface area contributed by atoms with Crippen LogP contribution in [-0.2, 0) is 25.9 Å². The molecule has 2 aromatic heterocycles. The summed E-state index contributed by atoms with van der Waals surface area (Å²) in [5.41, 5.74) is 16.2. The fourth-order valence-corrected chi connectivity index (χ4v) is 10.3. The van der Waals surface area contributed by atoms with E-state index in [9.17, 15) is 0 Å². The standard InChI is InChI=1S/C57H59N3/c1-6-41(20-18-21-43-30-33-56-50(38-43)47-24-13-16-27-53(47)59(56)8-3)36-45(40(5)35-44-31-34-57-51(39-44)48-25-14-17-28-54(48)60(57)9-4)22-11-10-19-42-29-32-55-49(37-42)46-23-12-15-26-52(46)58(55)7-2/h6,10-15,17-19,21-26,28-34,36-40,46,52H,7-9,16,20,27,35H2,1-5H3/b19-10+,21-18+,22-11+,41-6-,45-36+. The van der Waals surface area contributed by atoms with Crippen LogP contribution < -0.4 is 4.90 Å². The van der Waals surface area contributed by atoms with Crippen LogP contribution in [0.1, 0.15) is 86.9 Å². The number of para-hydroxylation sites is 1. The molecule has 0 amide bonds. The van der Waals surface area contributed by atoms with Crippen LogP contribution in [0.5, 0.6) is 0 Å². The maximum absolute atomic E-state index is 2.53. The van der Waals surface area contributed by atoms with E-state index in [2.05, 4.69) is 213 Å². The Labute approximate surface area is 357 Å². The van der Waals surface area contributed by atoms with E-state index in [1.54, 1.807) is 0 Å². The predicted octanol–water partition coefficient (Wildman–Crippen LogP) is 14.6. The zero-order valence-corrected chi connectivity index (χ0v) is 36.1. The molecule has 0 saturated carbocycles. The Hall–Kier alpha value is -6.06. The predicted molar refractivity (Wildman–Crippen MR) is 261 cm³/mol. The highest BCUT2D eigenvalue weighted by Crippen LogP contribution is 2.44. The van der Waals surface area contributed by atoms with Crippen LogP contribution in [0.2, 0.25) is 0 Å². The van der Waals surface area contributed by atoms with Gasteiger partial charge in [-0.2, -0.15) is 0 Å². The number of aromatic nitrogens is 2. The Kier molecular flexibility index (Phi) is 11.3. The van der Waals surface area contributed by atoms with Gasteiger partial charge in [0.15, 0.2) is 0 Å². The second-order valence-corrected chi connectivity index (χ2v) is 16.8. The summed E-state index contributed by atoms with van der Waals surface area (Å²) in [6, 6.07) is 30.4. The highest BCUT2D eigenvalue weighted by molar-refractivity contribution is 6.08. The number of nitrogens with zero attached hydrogens (tertiary/aromatic N) is 3. The average Bonchev–Trinajstić information content (AvgIpc) is 3.90. The topological polar surface area (TPSA) is 13.1 Å². The quantitative estimate of drug-likeness (QED) is 0.106. The van der Waals surface area contributed by atoms with Crippen LogP contribution in [-0.4, -0.2) is 21.7 Å². The Morgan fingerprint density at radius 1 is 0.767 bits per heavy atom. The summed E-state index contributed by atoms with van der Waals surface area (Å²) in [5, 5.41) is 4.06. The molecule has 2 aliphatic carbocycles. The Morgan fingerprint density at radius 3 is 2.40 bits per heavy atom. The van der Waals surface area contributed by atoms with Crippen molar-refractivity contribution in [1.29, 1.82) is 0 Å². The van der Waals surface area contributed by atoms with Crippen LogP contribution in [0.4, 0.5) is 5.69 Å². The van der Waals surface area contributed by atoms with Gasteiger partial charge in [0.05, 0.1) is 6.04 Å². The molecule has 6 aromatic rings. The molecule has 3 aliphatic rings. The highest BCUT2D eigenvalue weighted by atomic mass is 15.2. The molecule has 0 N–H and O–H groups in total. The van der Waals surface area contributed by atoms with Crippen molar-refractivity contribution in [3.05, 3.63) is 190 Å². The lowest BCUT2D eigenvalue weighted by Crippen LogP contribution is -2.32. The van der Waals surface area contributed by atoms with Crippen molar-refractivity contribution >= 4 is 56.6 Å². The van der Waals surface area contributed by atoms with Crippen molar-refractivity contribution < 1.29 is 0 Å². The number of benzene rings is 4. The van der Waals surface area contributed by atoms with Gasteiger partial charge in [0.2, 0.25) is 0 Å². The van der Waals surface area contributed by atoms with E-state index < -0.39 is 0 Å². The van der Waals surface area contributed by atoms with Crippen molar-refractivity contribution in [2.75, 3.05) is 11.4 Å². The molecule has 0 fully saturated rings. The lowest BCUT2D eigenvalue weighted by molar-refractivity contribution is 0.688. The summed E-state index contributed by atoms with van der Waals surface area (Å²) < 4.78 is 4.94. The van der Waals surface area contributed by atoms with Gasteiger partial charge in [-0.1, -0.05) is 128 Å². The minimum Gasteiger partial charge on any atom is -0.364 e. The molecule has 1 aliphatic heterocycles. The molecule has 60 heavy (non-hydrogen) atoms. The Bertz CT molecular complexity index is 2820. The third-order valence-corrected chi connectivity index (χ3v) is 13.3. The fraction of sp³-hybridized carbons (Fsp3) is 0.263. The van der Waals surface area contributed by atoms with Crippen molar-refractivity contribution in [3.63, 3.8) is 0 Å². The van der Waals surface area contributed by atoms with E-state index in [-0.39, 0.29) is 0 Å². The first-order valence-electron chi connectivity index (χ1n) is 22.4. The summed E-state index contributed by atoms with van der Waals surface area (Å²) in [5.74, 6) is 0.738. The van der Waals surface area contributed by atoms with E-state index in [4.69, 9.17) is 0 Å². The second kappa shape index (κ2) is 17.3. The van der Waals surface area contributed by atoms with Crippen molar-refractivity contribution in [2.45, 2.75) is 85.4 Å². The Morgan fingerprint density at radius 2 is 1.55 bits per heavy atom. The summed E-state index contributed by atoms with van der Waals surface area (Å²) >= 11 is 0. The molecule has 0 radical (unpaired) electrons. The molecule has 0 spiro atoms. The lowest BCUT2D eigenvalue weighted by atomic mass is 9.90. The number of hydrogen-bond donors (Lipinski definition) is 0. The van der Waals surface area contributed by atoms with Gasteiger partial charge in [-0.05, 0) is 135 Å². The first-order chi connectivity index (χ1) is 29.5. The minimum atomic E-state index is 0.317. The molecular weight excluding hydrogens is 727 g/mol. The van der Waals surface area contributed by atoms with Gasteiger partial charge >= 0.3 is 0 Å². The normalized spacial score (nSPS) is 18.3. The SMILES string of the molecule is C\C=C(/C=C(\C=C\C=C\c1ccc2c(c1)C1C=CC=CC1N2CC)C(C)Cc1ccc2c(c1)c1ccccc1n2CC)C/C=C/c1ccc2c(c1)c1c(n2CC)CCC=C1. The largest absolute Gasteiger partial charge is 0.364 e. The van der Waals surface area contributed by atoms with Gasteiger partial charge in [-0.25, -0.2) is 0 Å². The molecule has 0 saturated heterocycles. The molecule has 9 rings (SSSR count). The highest BCUT2D eigenvalue weighted by Gasteiger charge is 2.35. The molecular formula is C57H59N3. The van der Waals surface area contributed by atoms with E-state index >= 15 is 0 Å². The zero-order chi connectivity index (χ0) is 41.2. The van der Waals surface area contributed by atoms with Crippen molar-refractivity contribution in [2.24, 2.45) is 5.92 Å². The number of anilines is 1. The Balaban J connectivity index is 0.985. The number of fused-ring (bicyclic) bond motifs is 9. The van der Waals surface area contributed by atoms with Crippen LogP contribution in [0.3, 0.4) is 0 Å².